The zero-order chi connectivity index (χ0) is 14.0. The van der Waals surface area contributed by atoms with E-state index in [2.05, 4.69) is 4.72 Å². The average molecular weight is 284 g/mol. The molecule has 0 aromatic heterocycles. The Hall–Kier alpha value is -0.950. The first-order chi connectivity index (χ1) is 8.88. The third-order valence-electron chi connectivity index (χ3n) is 3.56. The number of nitrogens with zero attached hydrogens (tertiary/aromatic N) is 1. The van der Waals surface area contributed by atoms with Crippen molar-refractivity contribution in [3.63, 3.8) is 0 Å². The highest BCUT2D eigenvalue weighted by Crippen LogP contribution is 2.33. The number of nitrogens with one attached hydrogen (secondary N) is 1. The molecule has 1 aliphatic rings. The van der Waals surface area contributed by atoms with Crippen molar-refractivity contribution in [2.75, 3.05) is 26.4 Å². The number of fused-ring (bicyclic) bond motifs is 1. The fraction of sp³-hybridized carbons (Fsp3) is 0.538. The molecule has 0 spiro atoms. The molecular formula is C13H20N2O3S. The molecule has 106 valence electrons. The van der Waals surface area contributed by atoms with Crippen LogP contribution in [0.1, 0.15) is 17.2 Å². The summed E-state index contributed by atoms with van der Waals surface area (Å²) in [4.78, 5) is 2.00. The van der Waals surface area contributed by atoms with E-state index in [0.29, 0.717) is 13.1 Å². The van der Waals surface area contributed by atoms with E-state index in [0.717, 1.165) is 18.2 Å². The van der Waals surface area contributed by atoms with Gasteiger partial charge in [-0.1, -0.05) is 24.3 Å². The van der Waals surface area contributed by atoms with Gasteiger partial charge < -0.3 is 5.11 Å². The quantitative estimate of drug-likeness (QED) is 0.806. The van der Waals surface area contributed by atoms with Crippen LogP contribution >= 0.6 is 0 Å². The summed E-state index contributed by atoms with van der Waals surface area (Å²) in [5.74, 6) is 0. The molecule has 0 heterocycles. The smallest absolute Gasteiger partial charge is 0.208 e. The first-order valence-corrected chi connectivity index (χ1v) is 8.18. The first kappa shape index (κ1) is 14.5. The van der Waals surface area contributed by atoms with Crippen molar-refractivity contribution in [2.45, 2.75) is 18.6 Å². The van der Waals surface area contributed by atoms with Gasteiger partial charge in [0.15, 0.2) is 0 Å². The van der Waals surface area contributed by atoms with Gasteiger partial charge in [0.05, 0.1) is 12.4 Å². The second-order valence-corrected chi connectivity index (χ2v) is 6.90. The van der Waals surface area contributed by atoms with Gasteiger partial charge in [0.2, 0.25) is 10.0 Å². The molecule has 0 saturated heterocycles. The van der Waals surface area contributed by atoms with Crippen LogP contribution in [-0.4, -0.2) is 50.9 Å². The third kappa shape index (κ3) is 3.54. The summed E-state index contributed by atoms with van der Waals surface area (Å²) < 4.78 is 24.5. The number of benzene rings is 1. The fourth-order valence-corrected chi connectivity index (χ4v) is 2.99. The molecule has 0 fully saturated rings. The van der Waals surface area contributed by atoms with Crippen LogP contribution in [0.2, 0.25) is 0 Å². The maximum absolute atomic E-state index is 11.0. The standard InChI is InChI=1S/C13H20N2O3S/c1-15(8-7-14-19(2,17)18)12-9-10-5-3-4-6-11(10)13(12)16/h3-6,12-14,16H,7-9H2,1-2H3/t12-,13+/m1/s1. The van der Waals surface area contributed by atoms with Crippen LogP contribution in [0.25, 0.3) is 0 Å². The number of hydrogen-bond donors (Lipinski definition) is 2. The Morgan fingerprint density at radius 1 is 1.42 bits per heavy atom. The number of aliphatic hydroxyl groups is 1. The lowest BCUT2D eigenvalue weighted by molar-refractivity contribution is 0.0773. The van der Waals surface area contributed by atoms with Crippen molar-refractivity contribution in [2.24, 2.45) is 0 Å². The van der Waals surface area contributed by atoms with Crippen LogP contribution < -0.4 is 4.72 Å². The van der Waals surface area contributed by atoms with Crippen molar-refractivity contribution in [3.05, 3.63) is 35.4 Å². The SMILES string of the molecule is CN(CCNS(C)(=O)=O)[C@@H]1Cc2ccccc2[C@@H]1O. The Bertz CT molecular complexity index is 545. The molecule has 2 atom stereocenters. The second kappa shape index (κ2) is 5.58. The summed E-state index contributed by atoms with van der Waals surface area (Å²) in [7, 11) is -1.24. The van der Waals surface area contributed by atoms with Gasteiger partial charge in [-0.3, -0.25) is 4.90 Å². The molecule has 0 aliphatic heterocycles. The van der Waals surface area contributed by atoms with Crippen molar-refractivity contribution in [1.82, 2.24) is 9.62 Å². The van der Waals surface area contributed by atoms with Gasteiger partial charge in [0, 0.05) is 19.1 Å². The molecule has 0 bridgehead atoms. The Morgan fingerprint density at radius 2 is 2.11 bits per heavy atom. The largest absolute Gasteiger partial charge is 0.387 e. The highest BCUT2D eigenvalue weighted by atomic mass is 32.2. The van der Waals surface area contributed by atoms with E-state index in [1.165, 1.54) is 5.56 Å². The molecule has 19 heavy (non-hydrogen) atoms. The molecular weight excluding hydrogens is 264 g/mol. The minimum Gasteiger partial charge on any atom is -0.387 e. The predicted octanol–water partition coefficient (Wildman–Crippen LogP) is 0.126. The van der Waals surface area contributed by atoms with E-state index in [1.807, 2.05) is 36.2 Å². The molecule has 6 heteroatoms. The average Bonchev–Trinajstić information content (AvgIpc) is 2.66. The van der Waals surface area contributed by atoms with Crippen molar-refractivity contribution in [1.29, 1.82) is 0 Å². The molecule has 0 amide bonds. The van der Waals surface area contributed by atoms with Crippen molar-refractivity contribution >= 4 is 10.0 Å². The number of likely N-dealkylation sites (N-methyl/N-ethyl adjacent to an activating group) is 1. The summed E-state index contributed by atoms with van der Waals surface area (Å²) >= 11 is 0. The van der Waals surface area contributed by atoms with E-state index < -0.39 is 16.1 Å². The normalized spacial score (nSPS) is 22.7. The molecule has 2 rings (SSSR count). The molecule has 1 aromatic rings. The summed E-state index contributed by atoms with van der Waals surface area (Å²) in [6, 6.07) is 7.89. The topological polar surface area (TPSA) is 69.6 Å². The molecule has 0 saturated carbocycles. The van der Waals surface area contributed by atoms with E-state index in [1.54, 1.807) is 0 Å². The van der Waals surface area contributed by atoms with Crippen molar-refractivity contribution < 1.29 is 13.5 Å². The number of sulfonamides is 1. The zero-order valence-corrected chi connectivity index (χ0v) is 12.0. The van der Waals surface area contributed by atoms with Gasteiger partial charge in [-0.15, -0.1) is 0 Å². The lowest BCUT2D eigenvalue weighted by atomic mass is 10.1. The first-order valence-electron chi connectivity index (χ1n) is 6.29. The fourth-order valence-electron chi connectivity index (χ4n) is 2.52. The monoisotopic (exact) mass is 284 g/mol. The Balaban J connectivity index is 1.94. The maximum Gasteiger partial charge on any atom is 0.208 e. The summed E-state index contributed by atoms with van der Waals surface area (Å²) in [5.41, 5.74) is 2.15. The van der Waals surface area contributed by atoms with Crippen LogP contribution in [0.4, 0.5) is 0 Å². The van der Waals surface area contributed by atoms with Gasteiger partial charge >= 0.3 is 0 Å². The number of rotatable bonds is 5. The molecule has 1 aliphatic carbocycles. The van der Waals surface area contributed by atoms with Gasteiger partial charge in [-0.05, 0) is 24.6 Å². The van der Waals surface area contributed by atoms with Crippen LogP contribution in [0.15, 0.2) is 24.3 Å². The molecule has 2 N–H and O–H groups in total. The van der Waals surface area contributed by atoms with E-state index >= 15 is 0 Å². The predicted molar refractivity (Wildman–Crippen MR) is 74.4 cm³/mol. The second-order valence-electron chi connectivity index (χ2n) is 5.06. The van der Waals surface area contributed by atoms with Crippen LogP contribution in [0, 0.1) is 0 Å². The van der Waals surface area contributed by atoms with E-state index in [-0.39, 0.29) is 6.04 Å². The minimum absolute atomic E-state index is 0.0127. The highest BCUT2D eigenvalue weighted by Gasteiger charge is 2.32. The molecule has 5 nitrogen and oxygen atoms in total. The lowest BCUT2D eigenvalue weighted by Gasteiger charge is -2.27. The minimum atomic E-state index is -3.15. The summed E-state index contributed by atoms with van der Waals surface area (Å²) in [6.07, 6.45) is 1.44. The summed E-state index contributed by atoms with van der Waals surface area (Å²) in [6.45, 7) is 0.928. The Morgan fingerprint density at radius 3 is 2.74 bits per heavy atom. The van der Waals surface area contributed by atoms with Gasteiger partial charge in [-0.25, -0.2) is 13.1 Å². The zero-order valence-electron chi connectivity index (χ0n) is 11.2. The molecule has 0 unspecified atom stereocenters. The maximum atomic E-state index is 11.0. The van der Waals surface area contributed by atoms with Crippen molar-refractivity contribution in [3.8, 4) is 0 Å². The number of aliphatic hydroxyl groups excluding tert-OH is 1. The van der Waals surface area contributed by atoms with Crippen LogP contribution in [0.5, 0.6) is 0 Å². The number of hydrogen-bond acceptors (Lipinski definition) is 4. The van der Waals surface area contributed by atoms with Crippen LogP contribution in [-0.2, 0) is 16.4 Å². The van der Waals surface area contributed by atoms with E-state index in [9.17, 15) is 13.5 Å². The van der Waals surface area contributed by atoms with Crippen LogP contribution in [0.3, 0.4) is 0 Å². The summed E-state index contributed by atoms with van der Waals surface area (Å²) in [5, 5.41) is 10.3. The lowest BCUT2D eigenvalue weighted by Crippen LogP contribution is -2.40. The molecule has 1 aromatic carbocycles. The third-order valence-corrected chi connectivity index (χ3v) is 4.29. The Kier molecular flexibility index (Phi) is 4.25. The molecule has 0 radical (unpaired) electrons. The van der Waals surface area contributed by atoms with Gasteiger partial charge in [-0.2, -0.15) is 0 Å². The Labute approximate surface area is 114 Å². The highest BCUT2D eigenvalue weighted by molar-refractivity contribution is 7.88. The van der Waals surface area contributed by atoms with Gasteiger partial charge in [0.1, 0.15) is 0 Å². The van der Waals surface area contributed by atoms with E-state index in [4.69, 9.17) is 0 Å². The van der Waals surface area contributed by atoms with Gasteiger partial charge in [0.25, 0.3) is 0 Å².